The zero-order chi connectivity index (χ0) is 10.1. The molecule has 14 heavy (non-hydrogen) atoms. The molecule has 2 aromatic rings. The first-order valence-corrected chi connectivity index (χ1v) is 5.27. The van der Waals surface area contributed by atoms with Crippen molar-refractivity contribution in [2.75, 3.05) is 6.61 Å². The Morgan fingerprint density at radius 3 is 3.00 bits per heavy atom. The fraction of sp³-hybridized carbons (Fsp3) is 0.300. The number of imidazole rings is 1. The molecule has 0 spiro atoms. The highest BCUT2D eigenvalue weighted by Crippen LogP contribution is 2.26. The van der Waals surface area contributed by atoms with Crippen molar-refractivity contribution in [3.05, 3.63) is 28.6 Å². The first-order valence-electron chi connectivity index (χ1n) is 4.48. The molecular formula is C10H11BrN2O. The van der Waals surface area contributed by atoms with Gasteiger partial charge in [0.2, 0.25) is 0 Å². The lowest BCUT2D eigenvalue weighted by atomic mass is 10.4. The molecule has 0 aromatic carbocycles. The molecule has 0 radical (unpaired) electrons. The summed E-state index contributed by atoms with van der Waals surface area (Å²) in [4.78, 5) is 4.36. The molecule has 2 aromatic heterocycles. The molecule has 0 atom stereocenters. The molecule has 0 saturated carbocycles. The van der Waals surface area contributed by atoms with E-state index >= 15 is 0 Å². The van der Waals surface area contributed by atoms with Gasteiger partial charge in [0.1, 0.15) is 11.4 Å². The monoisotopic (exact) mass is 254 g/mol. The molecule has 2 rings (SSSR count). The summed E-state index contributed by atoms with van der Waals surface area (Å²) in [5, 5.41) is 0. The van der Waals surface area contributed by atoms with E-state index in [1.54, 1.807) is 0 Å². The van der Waals surface area contributed by atoms with Gasteiger partial charge in [-0.2, -0.15) is 0 Å². The Bertz CT molecular complexity index is 464. The highest BCUT2D eigenvalue weighted by molar-refractivity contribution is 9.10. The number of ether oxygens (including phenoxy) is 1. The lowest BCUT2D eigenvalue weighted by Crippen LogP contribution is -1.94. The molecule has 0 bridgehead atoms. The van der Waals surface area contributed by atoms with Gasteiger partial charge >= 0.3 is 0 Å². The van der Waals surface area contributed by atoms with Crippen molar-refractivity contribution in [1.29, 1.82) is 0 Å². The van der Waals surface area contributed by atoms with E-state index in [0.717, 1.165) is 21.6 Å². The Morgan fingerprint density at radius 1 is 1.50 bits per heavy atom. The van der Waals surface area contributed by atoms with Crippen molar-refractivity contribution in [2.45, 2.75) is 13.8 Å². The minimum Gasteiger partial charge on any atom is -0.492 e. The average molecular weight is 255 g/mol. The van der Waals surface area contributed by atoms with E-state index in [1.165, 1.54) is 0 Å². The van der Waals surface area contributed by atoms with Gasteiger partial charge in [0.25, 0.3) is 0 Å². The fourth-order valence-corrected chi connectivity index (χ4v) is 1.83. The van der Waals surface area contributed by atoms with Crippen LogP contribution >= 0.6 is 15.9 Å². The van der Waals surface area contributed by atoms with E-state index in [0.29, 0.717) is 6.61 Å². The van der Waals surface area contributed by atoms with Gasteiger partial charge in [-0.3, -0.25) is 0 Å². The molecule has 0 aliphatic carbocycles. The number of hydrogen-bond donors (Lipinski definition) is 0. The van der Waals surface area contributed by atoms with Crippen LogP contribution in [-0.4, -0.2) is 16.0 Å². The van der Waals surface area contributed by atoms with Crippen LogP contribution in [0, 0.1) is 6.92 Å². The number of aromatic nitrogens is 2. The molecule has 0 N–H and O–H groups in total. The summed E-state index contributed by atoms with van der Waals surface area (Å²) >= 11 is 3.45. The molecule has 4 heteroatoms. The largest absolute Gasteiger partial charge is 0.492 e. The molecule has 0 aliphatic heterocycles. The highest BCUT2D eigenvalue weighted by atomic mass is 79.9. The van der Waals surface area contributed by atoms with Crippen LogP contribution in [-0.2, 0) is 0 Å². The van der Waals surface area contributed by atoms with Gasteiger partial charge in [0.15, 0.2) is 0 Å². The third-order valence-electron chi connectivity index (χ3n) is 1.93. The van der Waals surface area contributed by atoms with Crippen LogP contribution in [0.2, 0.25) is 0 Å². The minimum atomic E-state index is 0.661. The van der Waals surface area contributed by atoms with Crippen molar-refractivity contribution in [3.63, 3.8) is 0 Å². The van der Waals surface area contributed by atoms with E-state index in [9.17, 15) is 0 Å². The average Bonchev–Trinajstić information content (AvgIpc) is 2.45. The first-order chi connectivity index (χ1) is 6.70. The Balaban J connectivity index is 2.58. The second-order valence-corrected chi connectivity index (χ2v) is 3.92. The summed E-state index contributed by atoms with van der Waals surface area (Å²) in [6.45, 7) is 4.60. The zero-order valence-corrected chi connectivity index (χ0v) is 9.71. The Morgan fingerprint density at radius 2 is 2.29 bits per heavy atom. The zero-order valence-electron chi connectivity index (χ0n) is 8.12. The van der Waals surface area contributed by atoms with Crippen LogP contribution in [0.5, 0.6) is 5.75 Å². The Labute approximate surface area is 90.8 Å². The predicted molar refractivity (Wildman–Crippen MR) is 58.8 cm³/mol. The maximum atomic E-state index is 5.45. The fourth-order valence-electron chi connectivity index (χ4n) is 1.38. The number of fused-ring (bicyclic) bond motifs is 1. The normalized spacial score (nSPS) is 10.8. The van der Waals surface area contributed by atoms with Gasteiger partial charge < -0.3 is 9.14 Å². The van der Waals surface area contributed by atoms with Crippen LogP contribution in [0.25, 0.3) is 5.65 Å². The second-order valence-electron chi connectivity index (χ2n) is 3.07. The third kappa shape index (κ3) is 1.62. The smallest absolute Gasteiger partial charge is 0.140 e. The molecule has 0 saturated heterocycles. The standard InChI is InChI=1S/C10H11BrN2O/c1-3-14-9-4-10-12-7(2)5-13(10)6-8(9)11/h4-6H,3H2,1-2H3. The van der Waals surface area contributed by atoms with Crippen molar-refractivity contribution < 1.29 is 4.74 Å². The highest BCUT2D eigenvalue weighted by Gasteiger charge is 2.04. The SMILES string of the molecule is CCOc1cc2nc(C)cn2cc1Br. The summed E-state index contributed by atoms with van der Waals surface area (Å²) in [7, 11) is 0. The van der Waals surface area contributed by atoms with E-state index in [-0.39, 0.29) is 0 Å². The molecule has 3 nitrogen and oxygen atoms in total. The Hall–Kier alpha value is -1.03. The summed E-state index contributed by atoms with van der Waals surface area (Å²) in [5.74, 6) is 0.839. The van der Waals surface area contributed by atoms with E-state index in [1.807, 2.05) is 36.7 Å². The molecule has 0 unspecified atom stereocenters. The molecule has 74 valence electrons. The van der Waals surface area contributed by atoms with Gasteiger partial charge in [-0.15, -0.1) is 0 Å². The lowest BCUT2D eigenvalue weighted by molar-refractivity contribution is 0.338. The maximum Gasteiger partial charge on any atom is 0.140 e. The summed E-state index contributed by atoms with van der Waals surface area (Å²) in [6, 6.07) is 1.93. The van der Waals surface area contributed by atoms with Crippen LogP contribution in [0.1, 0.15) is 12.6 Å². The van der Waals surface area contributed by atoms with Gasteiger partial charge in [0, 0.05) is 18.5 Å². The molecule has 2 heterocycles. The topological polar surface area (TPSA) is 26.5 Å². The third-order valence-corrected chi connectivity index (χ3v) is 2.52. The Kier molecular flexibility index (Phi) is 2.46. The van der Waals surface area contributed by atoms with E-state index in [2.05, 4.69) is 20.9 Å². The summed E-state index contributed by atoms with van der Waals surface area (Å²) in [5.41, 5.74) is 1.92. The number of nitrogens with zero attached hydrogens (tertiary/aromatic N) is 2. The molecule has 0 aliphatic rings. The van der Waals surface area contributed by atoms with Crippen LogP contribution in [0.4, 0.5) is 0 Å². The molecule has 0 fully saturated rings. The van der Waals surface area contributed by atoms with Gasteiger partial charge in [-0.25, -0.2) is 4.98 Å². The quantitative estimate of drug-likeness (QED) is 0.824. The molecule has 0 amide bonds. The van der Waals surface area contributed by atoms with Crippen molar-refractivity contribution in [3.8, 4) is 5.75 Å². The van der Waals surface area contributed by atoms with Crippen molar-refractivity contribution in [1.82, 2.24) is 9.38 Å². The van der Waals surface area contributed by atoms with Crippen molar-refractivity contribution in [2.24, 2.45) is 0 Å². The number of aryl methyl sites for hydroxylation is 1. The van der Waals surface area contributed by atoms with Gasteiger partial charge in [0.05, 0.1) is 16.8 Å². The first kappa shape index (κ1) is 9.52. The van der Waals surface area contributed by atoms with Gasteiger partial charge in [-0.05, 0) is 29.8 Å². The predicted octanol–water partition coefficient (Wildman–Crippen LogP) is 2.80. The van der Waals surface area contributed by atoms with E-state index in [4.69, 9.17) is 4.74 Å². The second kappa shape index (κ2) is 3.61. The number of hydrogen-bond acceptors (Lipinski definition) is 2. The maximum absolute atomic E-state index is 5.45. The molecular weight excluding hydrogens is 244 g/mol. The summed E-state index contributed by atoms with van der Waals surface area (Å²) < 4.78 is 8.38. The lowest BCUT2D eigenvalue weighted by Gasteiger charge is -2.05. The number of pyridine rings is 1. The van der Waals surface area contributed by atoms with Gasteiger partial charge in [-0.1, -0.05) is 0 Å². The summed E-state index contributed by atoms with van der Waals surface area (Å²) in [6.07, 6.45) is 3.94. The van der Waals surface area contributed by atoms with Crippen molar-refractivity contribution >= 4 is 21.6 Å². The van der Waals surface area contributed by atoms with Crippen LogP contribution < -0.4 is 4.74 Å². The number of rotatable bonds is 2. The van der Waals surface area contributed by atoms with Crippen LogP contribution in [0.15, 0.2) is 22.9 Å². The van der Waals surface area contributed by atoms with E-state index < -0.39 is 0 Å². The minimum absolute atomic E-state index is 0.661. The van der Waals surface area contributed by atoms with Crippen LogP contribution in [0.3, 0.4) is 0 Å². The number of halogens is 1.